The molecule has 6 nitrogen and oxygen atoms in total. The molecule has 2 fully saturated rings. The second-order valence-corrected chi connectivity index (χ2v) is 11.3. The smallest absolute Gasteiger partial charge is 0.279 e. The minimum atomic E-state index is -3.57. The van der Waals surface area contributed by atoms with Crippen LogP contribution >= 0.6 is 11.6 Å². The van der Waals surface area contributed by atoms with Gasteiger partial charge in [0.2, 0.25) is 5.91 Å². The molecular formula is C22H32ClN3O3S. The Morgan fingerprint density at radius 3 is 2.47 bits per heavy atom. The summed E-state index contributed by atoms with van der Waals surface area (Å²) >= 11 is 6.08. The van der Waals surface area contributed by atoms with Crippen LogP contribution in [0.4, 0.5) is 0 Å². The van der Waals surface area contributed by atoms with Crippen molar-refractivity contribution in [2.45, 2.75) is 51.1 Å². The van der Waals surface area contributed by atoms with Crippen molar-refractivity contribution >= 4 is 27.7 Å². The molecule has 0 aromatic heterocycles. The van der Waals surface area contributed by atoms with Gasteiger partial charge in [-0.25, -0.2) is 4.72 Å². The number of hydrogen-bond donors (Lipinski definition) is 1. The number of likely N-dealkylation sites (tertiary alicyclic amines) is 1. The van der Waals surface area contributed by atoms with Crippen molar-refractivity contribution in [3.63, 3.8) is 0 Å². The summed E-state index contributed by atoms with van der Waals surface area (Å²) < 4.78 is 28.6. The number of nitrogens with one attached hydrogen (secondary N) is 1. The first-order chi connectivity index (χ1) is 14.1. The minimum absolute atomic E-state index is 0.0783. The van der Waals surface area contributed by atoms with Crippen LogP contribution in [0.1, 0.15) is 50.6 Å². The van der Waals surface area contributed by atoms with Gasteiger partial charge in [-0.2, -0.15) is 12.7 Å². The number of nitrogens with zero attached hydrogens (tertiary/aromatic N) is 2. The number of benzene rings is 1. The van der Waals surface area contributed by atoms with Gasteiger partial charge in [0.1, 0.15) is 0 Å². The molecule has 3 rings (SSSR count). The normalized spacial score (nSPS) is 26.1. The molecule has 1 aromatic rings. The summed E-state index contributed by atoms with van der Waals surface area (Å²) in [7, 11) is -0.574. The number of halogens is 1. The van der Waals surface area contributed by atoms with E-state index in [1.165, 1.54) is 14.1 Å². The van der Waals surface area contributed by atoms with E-state index in [4.69, 9.17) is 11.6 Å². The third-order valence-electron chi connectivity index (χ3n) is 6.38. The van der Waals surface area contributed by atoms with Crippen molar-refractivity contribution < 1.29 is 13.2 Å². The van der Waals surface area contributed by atoms with Gasteiger partial charge < -0.3 is 4.90 Å². The van der Waals surface area contributed by atoms with Crippen molar-refractivity contribution in [3.05, 3.63) is 47.5 Å². The lowest BCUT2D eigenvalue weighted by Gasteiger charge is -2.48. The summed E-state index contributed by atoms with van der Waals surface area (Å²) in [6.45, 7) is 6.05. The summed E-state index contributed by atoms with van der Waals surface area (Å²) in [6, 6.07) is 7.35. The van der Waals surface area contributed by atoms with E-state index in [-0.39, 0.29) is 24.5 Å². The summed E-state index contributed by atoms with van der Waals surface area (Å²) in [5.74, 6) is 0.384. The monoisotopic (exact) mass is 453 g/mol. The first kappa shape index (κ1) is 23.3. The van der Waals surface area contributed by atoms with Crippen LogP contribution in [0.2, 0.25) is 5.02 Å². The van der Waals surface area contributed by atoms with E-state index in [2.05, 4.69) is 11.3 Å². The van der Waals surface area contributed by atoms with Gasteiger partial charge in [-0.05, 0) is 55.7 Å². The number of amides is 1. The van der Waals surface area contributed by atoms with E-state index in [0.717, 1.165) is 35.6 Å². The van der Waals surface area contributed by atoms with Crippen LogP contribution in [-0.2, 0) is 15.0 Å². The molecule has 1 saturated heterocycles. The van der Waals surface area contributed by atoms with Crippen LogP contribution in [-0.4, -0.2) is 50.2 Å². The first-order valence-electron chi connectivity index (χ1n) is 10.5. The van der Waals surface area contributed by atoms with E-state index in [1.807, 2.05) is 36.1 Å². The number of rotatable bonds is 9. The fraction of sp³-hybridized carbons (Fsp3) is 0.591. The van der Waals surface area contributed by atoms with Crippen LogP contribution in [0.3, 0.4) is 0 Å². The maximum absolute atomic E-state index is 13.8. The molecule has 30 heavy (non-hydrogen) atoms. The maximum Gasteiger partial charge on any atom is 0.279 e. The molecule has 1 N–H and O–H groups in total. The Balaban J connectivity index is 1.96. The lowest BCUT2D eigenvalue weighted by Crippen LogP contribution is -2.57. The van der Waals surface area contributed by atoms with E-state index in [9.17, 15) is 13.2 Å². The van der Waals surface area contributed by atoms with Crippen LogP contribution in [0.5, 0.6) is 0 Å². The van der Waals surface area contributed by atoms with Gasteiger partial charge in [-0.3, -0.25) is 4.79 Å². The predicted molar refractivity (Wildman–Crippen MR) is 120 cm³/mol. The second-order valence-electron chi connectivity index (χ2n) is 8.91. The highest BCUT2D eigenvalue weighted by Crippen LogP contribution is 2.47. The number of hydrogen-bond acceptors (Lipinski definition) is 3. The van der Waals surface area contributed by atoms with Crippen LogP contribution < -0.4 is 4.72 Å². The molecule has 0 spiro atoms. The quantitative estimate of drug-likeness (QED) is 0.579. The molecule has 8 heteroatoms. The summed E-state index contributed by atoms with van der Waals surface area (Å²) in [6.07, 6.45) is 6.01. The van der Waals surface area contributed by atoms with Gasteiger partial charge in [0.15, 0.2) is 0 Å². The van der Waals surface area contributed by atoms with E-state index < -0.39 is 15.6 Å². The fourth-order valence-corrected chi connectivity index (χ4v) is 5.11. The summed E-state index contributed by atoms with van der Waals surface area (Å²) in [5, 5.41) is 0.654. The fourth-order valence-electron chi connectivity index (χ4n) is 4.35. The molecule has 0 bridgehead atoms. The lowest BCUT2D eigenvalue weighted by atomic mass is 9.74. The Morgan fingerprint density at radius 1 is 1.30 bits per heavy atom. The van der Waals surface area contributed by atoms with Gasteiger partial charge >= 0.3 is 0 Å². The zero-order valence-corrected chi connectivity index (χ0v) is 19.5. The van der Waals surface area contributed by atoms with Crippen molar-refractivity contribution in [3.8, 4) is 0 Å². The Hall–Kier alpha value is -1.41. The Kier molecular flexibility index (Phi) is 6.97. The molecule has 1 aliphatic heterocycles. The SMILES string of the molecule is C=CC[C@@]1(C)CCC(c2ccc(Cl)cc2)N(C(CNS(=O)(=O)N(C)C)C2CC2)C1=O. The van der Waals surface area contributed by atoms with Gasteiger partial charge in [0.25, 0.3) is 10.2 Å². The molecule has 0 radical (unpaired) electrons. The van der Waals surface area contributed by atoms with Gasteiger partial charge in [-0.1, -0.05) is 36.7 Å². The molecule has 2 aliphatic rings. The van der Waals surface area contributed by atoms with Crippen molar-refractivity contribution in [2.24, 2.45) is 11.3 Å². The van der Waals surface area contributed by atoms with Crippen LogP contribution in [0.15, 0.2) is 36.9 Å². The lowest BCUT2D eigenvalue weighted by molar-refractivity contribution is -0.153. The first-order valence-corrected chi connectivity index (χ1v) is 12.3. The highest BCUT2D eigenvalue weighted by Gasteiger charge is 2.49. The van der Waals surface area contributed by atoms with Crippen molar-refractivity contribution in [2.75, 3.05) is 20.6 Å². The highest BCUT2D eigenvalue weighted by molar-refractivity contribution is 7.87. The standard InChI is InChI=1S/C22H32ClN3O3S/c1-5-13-22(2)14-12-19(16-8-10-18(23)11-9-16)26(21(22)27)20(17-6-7-17)15-24-30(28,29)25(3)4/h5,8-11,17,19-20,24H,1,6-7,12-15H2,2-4H3/t19?,20?,22-/m0/s1. The van der Waals surface area contributed by atoms with E-state index >= 15 is 0 Å². The number of carbonyl (C=O) groups is 1. The molecule has 3 atom stereocenters. The molecule has 2 unspecified atom stereocenters. The number of allylic oxidation sites excluding steroid dienone is 1. The zero-order chi connectivity index (χ0) is 22.1. The molecule has 166 valence electrons. The Bertz CT molecular complexity index is 883. The van der Waals surface area contributed by atoms with E-state index in [0.29, 0.717) is 17.4 Å². The highest BCUT2D eigenvalue weighted by atomic mass is 35.5. The van der Waals surface area contributed by atoms with Gasteiger partial charge in [0, 0.05) is 31.7 Å². The van der Waals surface area contributed by atoms with Crippen LogP contribution in [0.25, 0.3) is 0 Å². The molecule has 1 amide bonds. The third-order valence-corrected chi connectivity index (χ3v) is 8.13. The Morgan fingerprint density at radius 2 is 1.93 bits per heavy atom. The number of carbonyl (C=O) groups excluding carboxylic acids is 1. The molecule has 1 saturated carbocycles. The van der Waals surface area contributed by atoms with Crippen LogP contribution in [0, 0.1) is 11.3 Å². The molecular weight excluding hydrogens is 422 g/mol. The predicted octanol–water partition coefficient (Wildman–Crippen LogP) is 3.76. The molecule has 1 aromatic carbocycles. The number of piperidine rings is 1. The van der Waals surface area contributed by atoms with Crippen molar-refractivity contribution in [1.82, 2.24) is 13.9 Å². The zero-order valence-electron chi connectivity index (χ0n) is 18.0. The van der Waals surface area contributed by atoms with Gasteiger partial charge in [0.05, 0.1) is 11.5 Å². The summed E-state index contributed by atoms with van der Waals surface area (Å²) in [5.41, 5.74) is 0.521. The third kappa shape index (κ3) is 4.90. The Labute approximate surface area is 185 Å². The average molecular weight is 454 g/mol. The molecule has 1 heterocycles. The van der Waals surface area contributed by atoms with Crippen molar-refractivity contribution in [1.29, 1.82) is 0 Å². The van der Waals surface area contributed by atoms with Gasteiger partial charge in [-0.15, -0.1) is 6.58 Å². The topological polar surface area (TPSA) is 69.7 Å². The van der Waals surface area contributed by atoms with E-state index in [1.54, 1.807) is 6.08 Å². The average Bonchev–Trinajstić information content (AvgIpc) is 3.51. The molecule has 1 aliphatic carbocycles. The second kappa shape index (κ2) is 8.99. The minimum Gasteiger partial charge on any atom is -0.331 e. The summed E-state index contributed by atoms with van der Waals surface area (Å²) in [4.78, 5) is 15.7. The largest absolute Gasteiger partial charge is 0.331 e. The maximum atomic E-state index is 13.8.